The molecule has 0 bridgehead atoms. The van der Waals surface area contributed by atoms with Crippen molar-refractivity contribution in [3.8, 4) is 0 Å². The average Bonchev–Trinajstić information content (AvgIpc) is 2.32. The van der Waals surface area contributed by atoms with Gasteiger partial charge in [-0.3, -0.25) is 4.79 Å². The van der Waals surface area contributed by atoms with Crippen LogP contribution in [0.5, 0.6) is 0 Å². The molecule has 0 saturated heterocycles. The third-order valence-corrected chi connectivity index (χ3v) is 2.46. The summed E-state index contributed by atoms with van der Waals surface area (Å²) in [6.07, 6.45) is 1.79. The van der Waals surface area contributed by atoms with E-state index in [-0.39, 0.29) is 5.56 Å². The Kier molecular flexibility index (Phi) is 6.54. The second kappa shape index (κ2) is 8.00. The molecule has 0 unspecified atom stereocenters. The van der Waals surface area contributed by atoms with Gasteiger partial charge in [0.05, 0.1) is 6.61 Å². The average molecular weight is 239 g/mol. The lowest BCUT2D eigenvalue weighted by atomic mass is 10.2. The Morgan fingerprint density at radius 2 is 2.06 bits per heavy atom. The monoisotopic (exact) mass is 239 g/mol. The second-order valence-electron chi connectivity index (χ2n) is 3.90. The highest BCUT2D eigenvalue weighted by Gasteiger charge is 1.95. The van der Waals surface area contributed by atoms with Crippen LogP contribution in [0, 0.1) is 0 Å². The van der Waals surface area contributed by atoms with E-state index in [1.807, 2.05) is 6.07 Å². The maximum Gasteiger partial charge on any atom is 0.250 e. The normalized spacial score (nSPS) is 10.7. The number of nitrogens with one attached hydrogen (secondary N) is 2. The van der Waals surface area contributed by atoms with Crippen molar-refractivity contribution >= 4 is 0 Å². The molecule has 17 heavy (non-hydrogen) atoms. The van der Waals surface area contributed by atoms with Gasteiger partial charge in [-0.25, -0.2) is 0 Å². The van der Waals surface area contributed by atoms with Gasteiger partial charge in [0.1, 0.15) is 0 Å². The van der Waals surface area contributed by atoms with Crippen LogP contribution in [0.25, 0.3) is 0 Å². The number of pyridine rings is 1. The van der Waals surface area contributed by atoms with Crippen molar-refractivity contribution in [2.75, 3.05) is 33.4 Å². The topological polar surface area (TPSA) is 55.3 Å². The van der Waals surface area contributed by atoms with Crippen LogP contribution >= 0.6 is 0 Å². The molecule has 0 aliphatic carbocycles. The largest absolute Gasteiger partial charge is 0.383 e. The minimum atomic E-state index is 0.0301. The minimum absolute atomic E-state index is 0.0301. The summed E-state index contributed by atoms with van der Waals surface area (Å²) in [6, 6.07) is 3.61. The molecule has 96 valence electrons. The Morgan fingerprint density at radius 1 is 1.29 bits per heavy atom. The molecule has 0 spiro atoms. The van der Waals surface area contributed by atoms with Crippen molar-refractivity contribution in [1.82, 2.24) is 15.2 Å². The van der Waals surface area contributed by atoms with E-state index in [9.17, 15) is 4.79 Å². The van der Waals surface area contributed by atoms with Crippen LogP contribution in [0.15, 0.2) is 23.1 Å². The molecule has 0 amide bonds. The van der Waals surface area contributed by atoms with Gasteiger partial charge in [-0.1, -0.05) is 0 Å². The summed E-state index contributed by atoms with van der Waals surface area (Å²) in [5, 5.41) is 6.51. The highest BCUT2D eigenvalue weighted by atomic mass is 16.5. The zero-order valence-corrected chi connectivity index (χ0v) is 10.5. The van der Waals surface area contributed by atoms with Crippen LogP contribution in [-0.2, 0) is 18.3 Å². The molecule has 5 heteroatoms. The fourth-order valence-corrected chi connectivity index (χ4v) is 1.41. The number of ether oxygens (including phenoxy) is 1. The molecule has 0 fully saturated rings. The summed E-state index contributed by atoms with van der Waals surface area (Å²) in [5.41, 5.74) is 1.05. The van der Waals surface area contributed by atoms with Crippen LogP contribution in [0.2, 0.25) is 0 Å². The van der Waals surface area contributed by atoms with E-state index < -0.39 is 0 Å². The van der Waals surface area contributed by atoms with Gasteiger partial charge in [0.25, 0.3) is 5.56 Å². The standard InChI is InChI=1S/C12H21N3O2/c1-15-7-3-11(9-12(15)16)10-14-5-4-13-6-8-17-2/h3,7,9,13-14H,4-6,8,10H2,1-2H3. The first-order valence-corrected chi connectivity index (χ1v) is 5.80. The molecule has 2 N–H and O–H groups in total. The first-order chi connectivity index (χ1) is 8.24. The first kappa shape index (κ1) is 13.9. The van der Waals surface area contributed by atoms with Gasteiger partial charge in [-0.15, -0.1) is 0 Å². The van der Waals surface area contributed by atoms with Crippen LogP contribution in [0.3, 0.4) is 0 Å². The van der Waals surface area contributed by atoms with E-state index >= 15 is 0 Å². The third-order valence-electron chi connectivity index (χ3n) is 2.46. The first-order valence-electron chi connectivity index (χ1n) is 5.80. The van der Waals surface area contributed by atoms with Crippen molar-refractivity contribution in [2.45, 2.75) is 6.54 Å². The summed E-state index contributed by atoms with van der Waals surface area (Å²) in [5.74, 6) is 0. The number of aromatic nitrogens is 1. The van der Waals surface area contributed by atoms with Gasteiger partial charge >= 0.3 is 0 Å². The lowest BCUT2D eigenvalue weighted by molar-refractivity contribution is 0.199. The van der Waals surface area contributed by atoms with Gasteiger partial charge in [-0.2, -0.15) is 0 Å². The van der Waals surface area contributed by atoms with Crippen molar-refractivity contribution < 1.29 is 4.74 Å². The quantitative estimate of drug-likeness (QED) is 0.612. The Bertz CT molecular complexity index is 376. The number of nitrogens with zero attached hydrogens (tertiary/aromatic N) is 1. The van der Waals surface area contributed by atoms with Crippen molar-refractivity contribution in [3.63, 3.8) is 0 Å². The molecular formula is C12H21N3O2. The third kappa shape index (κ3) is 5.63. The maximum atomic E-state index is 11.4. The number of aryl methyl sites for hydroxylation is 1. The Hall–Kier alpha value is -1.17. The van der Waals surface area contributed by atoms with Gasteiger partial charge in [-0.05, 0) is 11.6 Å². The predicted molar refractivity (Wildman–Crippen MR) is 68.1 cm³/mol. The van der Waals surface area contributed by atoms with E-state index in [1.54, 1.807) is 31.0 Å². The Morgan fingerprint density at radius 3 is 2.76 bits per heavy atom. The number of hydrogen-bond donors (Lipinski definition) is 2. The van der Waals surface area contributed by atoms with Crippen LogP contribution < -0.4 is 16.2 Å². The molecule has 0 saturated carbocycles. The van der Waals surface area contributed by atoms with Crippen molar-refractivity contribution in [1.29, 1.82) is 0 Å². The van der Waals surface area contributed by atoms with Gasteiger partial charge < -0.3 is 19.9 Å². The maximum absolute atomic E-state index is 11.4. The molecule has 1 heterocycles. The predicted octanol–water partition coefficient (Wildman–Crippen LogP) is -0.289. The lowest BCUT2D eigenvalue weighted by Gasteiger charge is -2.06. The molecule has 0 radical (unpaired) electrons. The van der Waals surface area contributed by atoms with Gasteiger partial charge in [0.15, 0.2) is 0 Å². The molecule has 1 aromatic rings. The zero-order valence-electron chi connectivity index (χ0n) is 10.5. The Labute approximate surface area is 102 Å². The van der Waals surface area contributed by atoms with Gasteiger partial charge in [0, 0.05) is 52.6 Å². The minimum Gasteiger partial charge on any atom is -0.383 e. The summed E-state index contributed by atoms with van der Waals surface area (Å²) >= 11 is 0. The lowest BCUT2D eigenvalue weighted by Crippen LogP contribution is -2.29. The number of rotatable bonds is 8. The van der Waals surface area contributed by atoms with Crippen LogP contribution in [0.1, 0.15) is 5.56 Å². The fraction of sp³-hybridized carbons (Fsp3) is 0.583. The van der Waals surface area contributed by atoms with E-state index in [0.29, 0.717) is 0 Å². The fourth-order valence-electron chi connectivity index (χ4n) is 1.41. The molecule has 1 rings (SSSR count). The molecular weight excluding hydrogens is 218 g/mol. The van der Waals surface area contributed by atoms with E-state index in [4.69, 9.17) is 4.74 Å². The number of hydrogen-bond acceptors (Lipinski definition) is 4. The van der Waals surface area contributed by atoms with E-state index in [0.717, 1.165) is 38.3 Å². The van der Waals surface area contributed by atoms with Crippen LogP contribution in [-0.4, -0.2) is 37.9 Å². The second-order valence-corrected chi connectivity index (χ2v) is 3.90. The molecule has 0 aromatic carbocycles. The van der Waals surface area contributed by atoms with Crippen LogP contribution in [0.4, 0.5) is 0 Å². The Balaban J connectivity index is 2.14. The summed E-state index contributed by atoms with van der Waals surface area (Å²) in [7, 11) is 3.44. The highest BCUT2D eigenvalue weighted by Crippen LogP contribution is 1.92. The zero-order chi connectivity index (χ0) is 12.5. The van der Waals surface area contributed by atoms with E-state index in [1.165, 1.54) is 0 Å². The SMILES string of the molecule is COCCNCCNCc1ccn(C)c(=O)c1. The van der Waals surface area contributed by atoms with Crippen molar-refractivity contribution in [3.05, 3.63) is 34.2 Å². The summed E-state index contributed by atoms with van der Waals surface area (Å²) in [6.45, 7) is 4.09. The van der Waals surface area contributed by atoms with Crippen molar-refractivity contribution in [2.24, 2.45) is 7.05 Å². The smallest absolute Gasteiger partial charge is 0.250 e. The molecule has 1 aromatic heterocycles. The summed E-state index contributed by atoms with van der Waals surface area (Å²) in [4.78, 5) is 11.4. The summed E-state index contributed by atoms with van der Waals surface area (Å²) < 4.78 is 6.49. The molecule has 0 aliphatic heterocycles. The molecule has 0 atom stereocenters. The molecule has 0 aliphatic rings. The van der Waals surface area contributed by atoms with E-state index in [2.05, 4.69) is 10.6 Å². The highest BCUT2D eigenvalue weighted by molar-refractivity contribution is 5.10. The number of methoxy groups -OCH3 is 1. The van der Waals surface area contributed by atoms with Gasteiger partial charge in [0.2, 0.25) is 0 Å². The molecule has 5 nitrogen and oxygen atoms in total.